The van der Waals surface area contributed by atoms with Gasteiger partial charge in [-0.15, -0.1) is 0 Å². The Hall–Kier alpha value is -2.41. The molecule has 108 valence electrons. The second-order valence-electron chi connectivity index (χ2n) is 4.05. The summed E-state index contributed by atoms with van der Waals surface area (Å²) in [7, 11) is 0. The molecule has 0 atom stereocenters. The number of carbonyl (C=O) groups excluding carboxylic acids is 1. The highest BCUT2D eigenvalue weighted by Gasteiger charge is 2.13. The fourth-order valence-corrected chi connectivity index (χ4v) is 2.00. The molecular weight excluding hydrogens is 343 g/mol. The van der Waals surface area contributed by atoms with Gasteiger partial charge in [-0.25, -0.2) is 14.0 Å². The zero-order chi connectivity index (χ0) is 15.4. The normalized spacial score (nSPS) is 10.0. The minimum atomic E-state index is -1.18. The van der Waals surface area contributed by atoms with E-state index in [1.165, 1.54) is 30.3 Å². The molecule has 0 saturated carbocycles. The Balaban J connectivity index is 2.17. The Morgan fingerprint density at radius 2 is 1.71 bits per heavy atom. The van der Waals surface area contributed by atoms with Crippen LogP contribution in [0.5, 0.6) is 0 Å². The minimum absolute atomic E-state index is 0.00369. The number of anilines is 2. The summed E-state index contributed by atoms with van der Waals surface area (Å²) in [5, 5.41) is 13.8. The average Bonchev–Trinajstić information content (AvgIpc) is 2.43. The van der Waals surface area contributed by atoms with Gasteiger partial charge in [-0.3, -0.25) is 0 Å². The van der Waals surface area contributed by atoms with Crippen molar-refractivity contribution in [3.05, 3.63) is 58.3 Å². The monoisotopic (exact) mass is 352 g/mol. The van der Waals surface area contributed by atoms with Gasteiger partial charge in [0, 0.05) is 4.47 Å². The topological polar surface area (TPSA) is 78.4 Å². The Morgan fingerprint density at radius 1 is 1.05 bits per heavy atom. The van der Waals surface area contributed by atoms with Crippen molar-refractivity contribution in [1.29, 1.82) is 0 Å². The molecule has 0 spiro atoms. The van der Waals surface area contributed by atoms with Gasteiger partial charge < -0.3 is 15.7 Å². The maximum absolute atomic E-state index is 13.4. The number of carboxylic acids is 1. The van der Waals surface area contributed by atoms with Crippen LogP contribution in [0.3, 0.4) is 0 Å². The highest BCUT2D eigenvalue weighted by Crippen LogP contribution is 2.21. The maximum Gasteiger partial charge on any atom is 0.337 e. The fraction of sp³-hybridized carbons (Fsp3) is 0. The smallest absolute Gasteiger partial charge is 0.337 e. The third-order valence-electron chi connectivity index (χ3n) is 2.58. The van der Waals surface area contributed by atoms with Gasteiger partial charge in [0.15, 0.2) is 0 Å². The number of carbonyl (C=O) groups is 2. The predicted octanol–water partition coefficient (Wildman–Crippen LogP) is 3.93. The lowest BCUT2D eigenvalue weighted by Crippen LogP contribution is -2.21. The Bertz CT molecular complexity index is 706. The van der Waals surface area contributed by atoms with E-state index >= 15 is 0 Å². The summed E-state index contributed by atoms with van der Waals surface area (Å²) < 4.78 is 14.0. The Morgan fingerprint density at radius 3 is 2.38 bits per heavy atom. The van der Waals surface area contributed by atoms with Crippen molar-refractivity contribution in [2.45, 2.75) is 0 Å². The van der Waals surface area contributed by atoms with Crippen LogP contribution in [0.1, 0.15) is 10.4 Å². The summed E-state index contributed by atoms with van der Waals surface area (Å²) in [6, 6.07) is 9.33. The molecule has 0 radical (unpaired) electrons. The highest BCUT2D eigenvalue weighted by molar-refractivity contribution is 9.10. The number of urea groups is 1. The molecular formula is C14H10BrFN2O3. The largest absolute Gasteiger partial charge is 0.478 e. The van der Waals surface area contributed by atoms with Crippen LogP contribution in [-0.2, 0) is 0 Å². The number of benzene rings is 2. The van der Waals surface area contributed by atoms with Gasteiger partial charge in [-0.1, -0.05) is 28.1 Å². The first-order valence-corrected chi connectivity index (χ1v) is 6.62. The molecule has 2 amide bonds. The predicted molar refractivity (Wildman–Crippen MR) is 80.1 cm³/mol. The summed E-state index contributed by atoms with van der Waals surface area (Å²) in [6.45, 7) is 0. The summed E-state index contributed by atoms with van der Waals surface area (Å²) in [5.41, 5.74) is 0.0385. The van der Waals surface area contributed by atoms with Crippen LogP contribution in [0.25, 0.3) is 0 Å². The van der Waals surface area contributed by atoms with Gasteiger partial charge in [-0.2, -0.15) is 0 Å². The number of aromatic carboxylic acids is 1. The zero-order valence-electron chi connectivity index (χ0n) is 10.6. The molecule has 3 N–H and O–H groups in total. The van der Waals surface area contributed by atoms with Crippen molar-refractivity contribution in [2.75, 3.05) is 10.6 Å². The third kappa shape index (κ3) is 3.79. The van der Waals surface area contributed by atoms with Crippen molar-refractivity contribution in [3.8, 4) is 0 Å². The van der Waals surface area contributed by atoms with Gasteiger partial charge in [0.2, 0.25) is 0 Å². The highest BCUT2D eigenvalue weighted by atomic mass is 79.9. The zero-order valence-corrected chi connectivity index (χ0v) is 12.1. The van der Waals surface area contributed by atoms with Crippen molar-refractivity contribution in [1.82, 2.24) is 0 Å². The number of nitrogens with one attached hydrogen (secondary N) is 2. The first-order valence-electron chi connectivity index (χ1n) is 5.83. The summed E-state index contributed by atoms with van der Waals surface area (Å²) in [6.07, 6.45) is 0. The molecule has 0 heterocycles. The third-order valence-corrected chi connectivity index (χ3v) is 3.08. The summed E-state index contributed by atoms with van der Waals surface area (Å²) in [4.78, 5) is 22.9. The number of amides is 2. The first-order chi connectivity index (χ1) is 9.97. The standard InChI is InChI=1S/C14H10BrFN2O3/c15-8-5-6-11(9(7-8)13(19)20)17-14(21)18-12-4-2-1-3-10(12)16/h1-7H,(H,19,20)(H2,17,18,21). The number of carboxylic acid groups (broad SMARTS) is 1. The average molecular weight is 353 g/mol. The van der Waals surface area contributed by atoms with E-state index in [-0.39, 0.29) is 16.9 Å². The SMILES string of the molecule is O=C(Nc1ccccc1F)Nc1ccc(Br)cc1C(=O)O. The van der Waals surface area contributed by atoms with E-state index in [1.54, 1.807) is 12.1 Å². The molecule has 0 aromatic heterocycles. The molecule has 0 aliphatic rings. The van der Waals surface area contributed by atoms with E-state index in [2.05, 4.69) is 26.6 Å². The van der Waals surface area contributed by atoms with Crippen LogP contribution in [0.15, 0.2) is 46.9 Å². The van der Waals surface area contributed by atoms with Crippen LogP contribution in [-0.4, -0.2) is 17.1 Å². The van der Waals surface area contributed by atoms with Crippen molar-refractivity contribution >= 4 is 39.3 Å². The van der Waals surface area contributed by atoms with Gasteiger partial charge in [0.25, 0.3) is 0 Å². The molecule has 0 aliphatic heterocycles. The number of para-hydroxylation sites is 1. The van der Waals surface area contributed by atoms with Gasteiger partial charge >= 0.3 is 12.0 Å². The molecule has 0 bridgehead atoms. The lowest BCUT2D eigenvalue weighted by molar-refractivity contribution is 0.0698. The van der Waals surface area contributed by atoms with Gasteiger partial charge in [0.1, 0.15) is 5.82 Å². The van der Waals surface area contributed by atoms with Crippen LogP contribution in [0.4, 0.5) is 20.6 Å². The second-order valence-corrected chi connectivity index (χ2v) is 4.97. The second kappa shape index (κ2) is 6.36. The maximum atomic E-state index is 13.4. The van der Waals surface area contributed by atoms with E-state index in [1.807, 2.05) is 0 Å². The molecule has 2 aromatic carbocycles. The minimum Gasteiger partial charge on any atom is -0.478 e. The van der Waals surface area contributed by atoms with Crippen LogP contribution in [0, 0.1) is 5.82 Å². The Labute approximate surface area is 127 Å². The number of rotatable bonds is 3. The molecule has 0 saturated heterocycles. The Kier molecular flexibility index (Phi) is 4.54. The first kappa shape index (κ1) is 15.0. The fourth-order valence-electron chi connectivity index (χ4n) is 1.64. The van der Waals surface area contributed by atoms with E-state index in [9.17, 15) is 14.0 Å². The van der Waals surface area contributed by atoms with Gasteiger partial charge in [0.05, 0.1) is 16.9 Å². The number of hydrogen-bond acceptors (Lipinski definition) is 2. The van der Waals surface area contributed by atoms with E-state index in [0.29, 0.717) is 4.47 Å². The lowest BCUT2D eigenvalue weighted by Gasteiger charge is -2.10. The van der Waals surface area contributed by atoms with E-state index in [4.69, 9.17) is 5.11 Å². The molecule has 5 nitrogen and oxygen atoms in total. The summed E-state index contributed by atoms with van der Waals surface area (Å²) in [5.74, 6) is -1.76. The van der Waals surface area contributed by atoms with Crippen LogP contribution < -0.4 is 10.6 Å². The van der Waals surface area contributed by atoms with Crippen LogP contribution >= 0.6 is 15.9 Å². The molecule has 2 aromatic rings. The molecule has 21 heavy (non-hydrogen) atoms. The molecule has 0 aliphatic carbocycles. The molecule has 0 unspecified atom stereocenters. The van der Waals surface area contributed by atoms with Crippen molar-refractivity contribution < 1.29 is 19.1 Å². The van der Waals surface area contributed by atoms with Crippen molar-refractivity contribution in [2.24, 2.45) is 0 Å². The van der Waals surface area contributed by atoms with Crippen LogP contribution in [0.2, 0.25) is 0 Å². The summed E-state index contributed by atoms with van der Waals surface area (Å²) >= 11 is 3.15. The lowest BCUT2D eigenvalue weighted by atomic mass is 10.2. The number of hydrogen-bond donors (Lipinski definition) is 3. The van der Waals surface area contributed by atoms with Gasteiger partial charge in [-0.05, 0) is 30.3 Å². The van der Waals surface area contributed by atoms with E-state index < -0.39 is 17.8 Å². The van der Waals surface area contributed by atoms with Crippen molar-refractivity contribution in [3.63, 3.8) is 0 Å². The quantitative estimate of drug-likeness (QED) is 0.782. The number of halogens is 2. The molecule has 7 heteroatoms. The molecule has 0 fully saturated rings. The molecule has 2 rings (SSSR count). The van der Waals surface area contributed by atoms with E-state index in [0.717, 1.165) is 0 Å².